The van der Waals surface area contributed by atoms with Crippen LogP contribution in [-0.4, -0.2) is 24.5 Å². The molecular weight excluding hydrogens is 188 g/mol. The highest BCUT2D eigenvalue weighted by molar-refractivity contribution is 5.78. The number of halogens is 2. The monoisotopic (exact) mass is 205 g/mol. The van der Waals surface area contributed by atoms with Crippen molar-refractivity contribution in [2.75, 3.05) is 6.54 Å². The number of hydrogen-bond donors (Lipinski definition) is 2. The first-order valence-corrected chi connectivity index (χ1v) is 4.83. The van der Waals surface area contributed by atoms with Crippen molar-refractivity contribution in [3.8, 4) is 0 Å². The molecule has 0 radical (unpaired) electrons. The topological polar surface area (TPSA) is 50.4 Å². The number of aliphatic imine (C=N–C) groups is 1. The number of nitrogens with zero attached hydrogens (tertiary/aromatic N) is 1. The summed E-state index contributed by atoms with van der Waals surface area (Å²) in [7, 11) is 0. The molecule has 0 aromatic carbocycles. The zero-order chi connectivity index (χ0) is 10.8. The van der Waals surface area contributed by atoms with Crippen LogP contribution in [0.1, 0.15) is 26.7 Å². The van der Waals surface area contributed by atoms with Crippen LogP contribution in [0.3, 0.4) is 0 Å². The minimum Gasteiger partial charge on any atom is -0.370 e. The summed E-state index contributed by atoms with van der Waals surface area (Å²) in [4.78, 5) is 4.00. The Hall–Kier alpha value is -0.870. The lowest BCUT2D eigenvalue weighted by atomic mass is 9.81. The largest absolute Gasteiger partial charge is 0.370 e. The van der Waals surface area contributed by atoms with E-state index in [9.17, 15) is 8.78 Å². The molecule has 0 spiro atoms. The first-order valence-electron chi connectivity index (χ1n) is 4.83. The van der Waals surface area contributed by atoms with Gasteiger partial charge in [0, 0.05) is 25.4 Å². The van der Waals surface area contributed by atoms with Crippen LogP contribution >= 0.6 is 0 Å². The summed E-state index contributed by atoms with van der Waals surface area (Å²) in [5.41, 5.74) is 5.52. The molecule has 0 aromatic heterocycles. The van der Waals surface area contributed by atoms with Crippen molar-refractivity contribution in [1.82, 2.24) is 5.32 Å². The van der Waals surface area contributed by atoms with Gasteiger partial charge in [0.05, 0.1) is 0 Å². The van der Waals surface area contributed by atoms with Gasteiger partial charge in [-0.15, -0.1) is 0 Å². The Balaban J connectivity index is 2.20. The van der Waals surface area contributed by atoms with E-state index in [-0.39, 0.29) is 24.8 Å². The third kappa shape index (κ3) is 3.47. The molecule has 0 amide bonds. The van der Waals surface area contributed by atoms with Crippen LogP contribution in [0.4, 0.5) is 8.78 Å². The standard InChI is InChI=1S/C9H17F2N3/c1-6(2)14-8(12)13-5-7-3-9(10,11)4-7/h6-7H,3-5H2,1-2H3,(H3,12,13,14). The summed E-state index contributed by atoms with van der Waals surface area (Å²) in [5, 5.41) is 2.91. The lowest BCUT2D eigenvalue weighted by Gasteiger charge is -2.33. The molecule has 0 aromatic rings. The van der Waals surface area contributed by atoms with Crippen LogP contribution in [-0.2, 0) is 0 Å². The van der Waals surface area contributed by atoms with Gasteiger partial charge in [-0.3, -0.25) is 4.99 Å². The third-order valence-electron chi connectivity index (χ3n) is 2.13. The predicted molar refractivity (Wildman–Crippen MR) is 52.4 cm³/mol. The summed E-state index contributed by atoms with van der Waals surface area (Å²) in [6, 6.07) is 0.224. The van der Waals surface area contributed by atoms with Crippen molar-refractivity contribution in [3.05, 3.63) is 0 Å². The Morgan fingerprint density at radius 2 is 2.14 bits per heavy atom. The minimum atomic E-state index is -2.46. The van der Waals surface area contributed by atoms with E-state index < -0.39 is 5.92 Å². The highest BCUT2D eigenvalue weighted by atomic mass is 19.3. The lowest BCUT2D eigenvalue weighted by Crippen LogP contribution is -2.40. The Labute approximate surface area is 82.8 Å². The smallest absolute Gasteiger partial charge is 0.248 e. The number of nitrogens with one attached hydrogen (secondary N) is 1. The Kier molecular flexibility index (Phi) is 3.29. The van der Waals surface area contributed by atoms with Crippen molar-refractivity contribution in [3.63, 3.8) is 0 Å². The second-order valence-corrected chi connectivity index (χ2v) is 4.16. The Morgan fingerprint density at radius 1 is 1.57 bits per heavy atom. The second-order valence-electron chi connectivity index (χ2n) is 4.16. The van der Waals surface area contributed by atoms with Gasteiger partial charge in [0.1, 0.15) is 0 Å². The van der Waals surface area contributed by atoms with Gasteiger partial charge in [-0.05, 0) is 19.8 Å². The van der Waals surface area contributed by atoms with Crippen molar-refractivity contribution >= 4 is 5.96 Å². The highest BCUT2D eigenvalue weighted by Crippen LogP contribution is 2.42. The molecule has 0 aliphatic heterocycles. The van der Waals surface area contributed by atoms with Crippen molar-refractivity contribution < 1.29 is 8.78 Å². The molecule has 1 rings (SSSR count). The molecule has 0 saturated heterocycles. The number of nitrogens with two attached hydrogens (primary N) is 1. The van der Waals surface area contributed by atoms with Gasteiger partial charge in [0.15, 0.2) is 5.96 Å². The van der Waals surface area contributed by atoms with E-state index in [0.29, 0.717) is 12.5 Å². The van der Waals surface area contributed by atoms with Crippen LogP contribution in [0, 0.1) is 5.92 Å². The maximum Gasteiger partial charge on any atom is 0.248 e. The van der Waals surface area contributed by atoms with Crippen LogP contribution in [0.2, 0.25) is 0 Å². The molecule has 0 heterocycles. The predicted octanol–water partition coefficient (Wildman–Crippen LogP) is 1.34. The minimum absolute atomic E-state index is 0.00230. The fraction of sp³-hybridized carbons (Fsp3) is 0.889. The Morgan fingerprint density at radius 3 is 2.57 bits per heavy atom. The van der Waals surface area contributed by atoms with Crippen molar-refractivity contribution in [1.29, 1.82) is 0 Å². The SMILES string of the molecule is CC(C)NC(N)=NCC1CC(F)(F)C1. The molecule has 3 N–H and O–H groups in total. The molecular formula is C9H17F2N3. The summed E-state index contributed by atoms with van der Waals surface area (Å²) in [5.74, 6) is -2.12. The van der Waals surface area contributed by atoms with Crippen LogP contribution < -0.4 is 11.1 Å². The molecule has 3 nitrogen and oxygen atoms in total. The highest BCUT2D eigenvalue weighted by Gasteiger charge is 2.44. The second kappa shape index (κ2) is 4.11. The van der Waals surface area contributed by atoms with E-state index in [1.807, 2.05) is 13.8 Å². The van der Waals surface area contributed by atoms with Crippen LogP contribution in [0.15, 0.2) is 4.99 Å². The molecule has 5 heteroatoms. The number of rotatable bonds is 3. The summed E-state index contributed by atoms with van der Waals surface area (Å²) < 4.78 is 24.9. The average Bonchev–Trinajstić information content (AvgIpc) is 1.95. The summed E-state index contributed by atoms with van der Waals surface area (Å²) in [6.45, 7) is 4.29. The first-order chi connectivity index (χ1) is 6.39. The Bertz CT molecular complexity index is 218. The fourth-order valence-electron chi connectivity index (χ4n) is 1.48. The maximum atomic E-state index is 12.4. The van der Waals surface area contributed by atoms with Gasteiger partial charge < -0.3 is 11.1 Å². The third-order valence-corrected chi connectivity index (χ3v) is 2.13. The molecule has 1 saturated carbocycles. The fourth-order valence-corrected chi connectivity index (χ4v) is 1.48. The van der Waals surface area contributed by atoms with Gasteiger partial charge in [-0.2, -0.15) is 0 Å². The zero-order valence-electron chi connectivity index (χ0n) is 8.56. The van der Waals surface area contributed by atoms with E-state index >= 15 is 0 Å². The zero-order valence-corrected chi connectivity index (χ0v) is 8.56. The molecule has 1 fully saturated rings. The normalized spacial score (nSPS) is 22.2. The molecule has 1 aliphatic carbocycles. The molecule has 0 unspecified atom stereocenters. The van der Waals surface area contributed by atoms with E-state index in [0.717, 1.165) is 0 Å². The van der Waals surface area contributed by atoms with Crippen molar-refractivity contribution in [2.24, 2.45) is 16.6 Å². The quantitative estimate of drug-likeness (QED) is 0.539. The van der Waals surface area contributed by atoms with Gasteiger partial charge in [-0.1, -0.05) is 0 Å². The van der Waals surface area contributed by atoms with Gasteiger partial charge in [-0.25, -0.2) is 8.78 Å². The number of alkyl halides is 2. The van der Waals surface area contributed by atoms with Crippen LogP contribution in [0.5, 0.6) is 0 Å². The number of hydrogen-bond acceptors (Lipinski definition) is 1. The van der Waals surface area contributed by atoms with Crippen LogP contribution in [0.25, 0.3) is 0 Å². The molecule has 1 aliphatic rings. The van der Waals surface area contributed by atoms with Gasteiger partial charge in [0.25, 0.3) is 0 Å². The first kappa shape index (κ1) is 11.2. The van der Waals surface area contributed by atoms with E-state index in [1.165, 1.54) is 0 Å². The molecule has 0 atom stereocenters. The van der Waals surface area contributed by atoms with Gasteiger partial charge in [0.2, 0.25) is 5.92 Å². The van der Waals surface area contributed by atoms with E-state index in [1.54, 1.807) is 0 Å². The average molecular weight is 205 g/mol. The summed E-state index contributed by atoms with van der Waals surface area (Å²) >= 11 is 0. The van der Waals surface area contributed by atoms with E-state index in [4.69, 9.17) is 5.73 Å². The summed E-state index contributed by atoms with van der Waals surface area (Å²) in [6.07, 6.45) is -0.100. The molecule has 82 valence electrons. The maximum absolute atomic E-state index is 12.4. The lowest BCUT2D eigenvalue weighted by molar-refractivity contribution is -0.107. The molecule has 14 heavy (non-hydrogen) atoms. The number of guanidine groups is 1. The van der Waals surface area contributed by atoms with E-state index in [2.05, 4.69) is 10.3 Å². The molecule has 0 bridgehead atoms. The van der Waals surface area contributed by atoms with Crippen molar-refractivity contribution in [2.45, 2.75) is 38.7 Å². The van der Waals surface area contributed by atoms with Gasteiger partial charge >= 0.3 is 0 Å².